The highest BCUT2D eigenvalue weighted by atomic mass is 16.5. The topological polar surface area (TPSA) is 67.7 Å². The summed E-state index contributed by atoms with van der Waals surface area (Å²) in [6, 6.07) is 19.9. The van der Waals surface area contributed by atoms with Crippen LogP contribution in [0.15, 0.2) is 76.6 Å². The van der Waals surface area contributed by atoms with Crippen LogP contribution in [-0.2, 0) is 25.9 Å². The third-order valence-electron chi connectivity index (χ3n) is 5.50. The number of aliphatic imine (C=N–C) groups is 1. The molecule has 0 fully saturated rings. The van der Waals surface area contributed by atoms with E-state index in [4.69, 9.17) is 9.73 Å². The van der Waals surface area contributed by atoms with Gasteiger partial charge in [0.15, 0.2) is 5.96 Å². The Labute approximate surface area is 189 Å². The van der Waals surface area contributed by atoms with Crippen LogP contribution in [0.25, 0.3) is 0 Å². The Bertz CT molecular complexity index is 1120. The number of benzene rings is 2. The highest BCUT2D eigenvalue weighted by molar-refractivity contribution is 5.79. The van der Waals surface area contributed by atoms with Crippen molar-refractivity contribution in [1.82, 2.24) is 15.2 Å². The van der Waals surface area contributed by atoms with Gasteiger partial charge in [-0.1, -0.05) is 42.5 Å². The minimum Gasteiger partial charge on any atom is -0.493 e. The van der Waals surface area contributed by atoms with Crippen molar-refractivity contribution in [2.24, 2.45) is 4.99 Å². The fourth-order valence-electron chi connectivity index (χ4n) is 3.77. The smallest absolute Gasteiger partial charge is 0.250 e. The second-order valence-corrected chi connectivity index (χ2v) is 7.90. The number of fused-ring (bicyclic) bond motifs is 1. The Morgan fingerprint density at radius 3 is 2.66 bits per heavy atom. The molecule has 6 nitrogen and oxygen atoms in total. The van der Waals surface area contributed by atoms with E-state index in [0.29, 0.717) is 13.1 Å². The molecule has 0 spiro atoms. The lowest BCUT2D eigenvalue weighted by atomic mass is 10.1. The molecule has 3 aromatic rings. The lowest BCUT2D eigenvalue weighted by Crippen LogP contribution is -2.38. The number of aromatic nitrogens is 1. The number of nitrogens with zero attached hydrogens (tertiary/aromatic N) is 2. The van der Waals surface area contributed by atoms with E-state index in [2.05, 4.69) is 60.0 Å². The minimum atomic E-state index is 0.00996. The van der Waals surface area contributed by atoms with Gasteiger partial charge in [-0.3, -0.25) is 4.79 Å². The quantitative estimate of drug-likeness (QED) is 0.426. The first-order valence-electron chi connectivity index (χ1n) is 11.2. The highest BCUT2D eigenvalue weighted by Crippen LogP contribution is 2.25. The molecule has 2 heterocycles. The summed E-state index contributed by atoms with van der Waals surface area (Å²) in [6.45, 7) is 5.65. The maximum atomic E-state index is 11.9. The van der Waals surface area contributed by atoms with Crippen LogP contribution in [0, 0.1) is 0 Å². The van der Waals surface area contributed by atoms with Gasteiger partial charge in [-0.25, -0.2) is 4.99 Å². The van der Waals surface area contributed by atoms with Crippen LogP contribution in [0.2, 0.25) is 0 Å². The summed E-state index contributed by atoms with van der Waals surface area (Å²) >= 11 is 0. The summed E-state index contributed by atoms with van der Waals surface area (Å²) in [4.78, 5) is 16.6. The molecular weight excluding hydrogens is 400 g/mol. The van der Waals surface area contributed by atoms with Gasteiger partial charge in [-0.15, -0.1) is 0 Å². The van der Waals surface area contributed by atoms with Gasteiger partial charge in [0.2, 0.25) is 0 Å². The summed E-state index contributed by atoms with van der Waals surface area (Å²) in [5, 5.41) is 6.74. The van der Waals surface area contributed by atoms with Crippen LogP contribution < -0.4 is 20.9 Å². The largest absolute Gasteiger partial charge is 0.493 e. The predicted molar refractivity (Wildman–Crippen MR) is 128 cm³/mol. The van der Waals surface area contributed by atoms with Gasteiger partial charge in [-0.2, -0.15) is 0 Å². The van der Waals surface area contributed by atoms with Crippen LogP contribution in [0.1, 0.15) is 29.2 Å². The Balaban J connectivity index is 1.30. The first kappa shape index (κ1) is 21.7. The zero-order valence-corrected chi connectivity index (χ0v) is 18.5. The third-order valence-corrected chi connectivity index (χ3v) is 5.50. The molecule has 0 unspecified atom stereocenters. The monoisotopic (exact) mass is 430 g/mol. The zero-order chi connectivity index (χ0) is 22.2. The second kappa shape index (κ2) is 10.7. The van der Waals surface area contributed by atoms with Gasteiger partial charge in [0.05, 0.1) is 19.7 Å². The van der Waals surface area contributed by atoms with E-state index in [-0.39, 0.29) is 5.56 Å². The summed E-state index contributed by atoms with van der Waals surface area (Å²) in [7, 11) is 0. The Kier molecular flexibility index (Phi) is 7.23. The van der Waals surface area contributed by atoms with Gasteiger partial charge in [0.1, 0.15) is 5.75 Å². The van der Waals surface area contributed by atoms with E-state index in [1.54, 1.807) is 16.7 Å². The van der Waals surface area contributed by atoms with Crippen molar-refractivity contribution in [3.8, 4) is 5.75 Å². The maximum absolute atomic E-state index is 11.9. The Morgan fingerprint density at radius 1 is 1.03 bits per heavy atom. The molecule has 1 aliphatic heterocycles. The molecule has 6 heteroatoms. The van der Waals surface area contributed by atoms with Gasteiger partial charge in [0, 0.05) is 31.8 Å². The van der Waals surface area contributed by atoms with E-state index in [0.717, 1.165) is 55.4 Å². The molecule has 0 amide bonds. The van der Waals surface area contributed by atoms with E-state index in [9.17, 15) is 4.79 Å². The van der Waals surface area contributed by atoms with Crippen LogP contribution >= 0.6 is 0 Å². The average Bonchev–Trinajstić information content (AvgIpc) is 3.28. The van der Waals surface area contributed by atoms with Crippen molar-refractivity contribution in [3.63, 3.8) is 0 Å². The molecular formula is C26H30N4O2. The van der Waals surface area contributed by atoms with Gasteiger partial charge < -0.3 is 19.9 Å². The number of hydrogen-bond donors (Lipinski definition) is 2. The van der Waals surface area contributed by atoms with Crippen molar-refractivity contribution in [1.29, 1.82) is 0 Å². The van der Waals surface area contributed by atoms with Crippen LogP contribution in [0.3, 0.4) is 0 Å². The third kappa shape index (κ3) is 5.78. The van der Waals surface area contributed by atoms with Gasteiger partial charge >= 0.3 is 0 Å². The molecule has 0 radical (unpaired) electrons. The molecule has 1 aromatic heterocycles. The normalized spacial score (nSPS) is 12.8. The van der Waals surface area contributed by atoms with Gasteiger partial charge in [-0.05, 0) is 47.7 Å². The molecule has 32 heavy (non-hydrogen) atoms. The number of ether oxygens (including phenoxy) is 1. The number of rotatable bonds is 8. The SMILES string of the molecule is CCNC(=NCc1ccc(Cn2ccccc2=O)cc1)NCCc1ccc2c(c1)CCO2. The molecule has 0 bridgehead atoms. The van der Waals surface area contributed by atoms with Crippen molar-refractivity contribution < 1.29 is 4.74 Å². The summed E-state index contributed by atoms with van der Waals surface area (Å²) in [5.74, 6) is 1.84. The average molecular weight is 431 g/mol. The van der Waals surface area contributed by atoms with Crippen molar-refractivity contribution in [2.75, 3.05) is 19.7 Å². The lowest BCUT2D eigenvalue weighted by molar-refractivity contribution is 0.357. The fourth-order valence-corrected chi connectivity index (χ4v) is 3.77. The molecule has 0 saturated carbocycles. The maximum Gasteiger partial charge on any atom is 0.250 e. The first-order valence-corrected chi connectivity index (χ1v) is 11.2. The van der Waals surface area contributed by atoms with E-state index < -0.39 is 0 Å². The highest BCUT2D eigenvalue weighted by Gasteiger charge is 2.11. The Hall–Kier alpha value is -3.54. The van der Waals surface area contributed by atoms with Crippen molar-refractivity contribution >= 4 is 5.96 Å². The minimum absolute atomic E-state index is 0.00996. The number of guanidine groups is 1. The predicted octanol–water partition coefficient (Wildman–Crippen LogP) is 3.13. The molecule has 0 atom stereocenters. The number of nitrogens with one attached hydrogen (secondary N) is 2. The van der Waals surface area contributed by atoms with Crippen LogP contribution in [0.5, 0.6) is 5.75 Å². The van der Waals surface area contributed by atoms with Gasteiger partial charge in [0.25, 0.3) is 5.56 Å². The van der Waals surface area contributed by atoms with E-state index in [1.807, 2.05) is 12.3 Å². The fraction of sp³-hybridized carbons (Fsp3) is 0.308. The molecule has 4 rings (SSSR count). The first-order chi connectivity index (χ1) is 15.7. The molecule has 1 aliphatic rings. The van der Waals surface area contributed by atoms with Crippen LogP contribution in [0.4, 0.5) is 0 Å². The standard InChI is InChI=1S/C26H30N4O2/c1-2-27-26(28-14-12-20-10-11-24-23(17-20)13-16-32-24)29-18-21-6-8-22(9-7-21)19-30-15-4-3-5-25(30)31/h3-11,15,17H,2,12-14,16,18-19H2,1H3,(H2,27,28,29). The molecule has 2 N–H and O–H groups in total. The summed E-state index contributed by atoms with van der Waals surface area (Å²) < 4.78 is 7.29. The molecule has 166 valence electrons. The summed E-state index contributed by atoms with van der Waals surface area (Å²) in [6.07, 6.45) is 3.75. The van der Waals surface area contributed by atoms with Crippen molar-refractivity contribution in [2.45, 2.75) is 32.9 Å². The second-order valence-electron chi connectivity index (χ2n) is 7.90. The zero-order valence-electron chi connectivity index (χ0n) is 18.5. The number of hydrogen-bond acceptors (Lipinski definition) is 3. The van der Waals surface area contributed by atoms with Crippen LogP contribution in [-0.4, -0.2) is 30.2 Å². The Morgan fingerprint density at radius 2 is 1.84 bits per heavy atom. The van der Waals surface area contributed by atoms with E-state index in [1.165, 1.54) is 11.1 Å². The molecule has 0 saturated heterocycles. The number of pyridine rings is 1. The molecule has 0 aliphatic carbocycles. The lowest BCUT2D eigenvalue weighted by Gasteiger charge is -2.12. The van der Waals surface area contributed by atoms with E-state index >= 15 is 0 Å². The van der Waals surface area contributed by atoms with Crippen molar-refractivity contribution in [3.05, 3.63) is 99.5 Å². The molecule has 2 aromatic carbocycles. The summed E-state index contributed by atoms with van der Waals surface area (Å²) in [5.41, 5.74) is 4.85.